The van der Waals surface area contributed by atoms with Crippen LogP contribution < -0.4 is 16.6 Å². The second kappa shape index (κ2) is 7.75. The number of anilines is 1. The number of aryl methyl sites for hydroxylation is 1. The molecule has 28 heavy (non-hydrogen) atoms. The van der Waals surface area contributed by atoms with E-state index >= 15 is 0 Å². The Balaban J connectivity index is 2.27. The maximum atomic E-state index is 13.9. The molecule has 1 aromatic carbocycles. The van der Waals surface area contributed by atoms with E-state index in [1.165, 1.54) is 28.8 Å². The highest BCUT2D eigenvalue weighted by molar-refractivity contribution is 6.11. The van der Waals surface area contributed by atoms with Crippen LogP contribution in [0.2, 0.25) is 0 Å². The zero-order valence-electron chi connectivity index (χ0n) is 15.9. The molecular weight excluding hydrogens is 363 g/mol. The molecule has 0 atom stereocenters. The maximum Gasteiger partial charge on any atom is 0.329 e. The zero-order valence-corrected chi connectivity index (χ0v) is 15.9. The molecule has 0 aliphatic heterocycles. The number of hydrogen-bond acceptors (Lipinski definition) is 4. The lowest BCUT2D eigenvalue weighted by molar-refractivity contribution is 0.102. The minimum absolute atomic E-state index is 0.00173. The number of halogens is 1. The maximum absolute atomic E-state index is 13.9. The van der Waals surface area contributed by atoms with Crippen molar-refractivity contribution in [2.45, 2.75) is 39.7 Å². The molecule has 2 N–H and O–H groups in total. The van der Waals surface area contributed by atoms with Crippen LogP contribution in [0.3, 0.4) is 0 Å². The highest BCUT2D eigenvalue weighted by Crippen LogP contribution is 2.21. The Kier molecular flexibility index (Phi) is 5.39. The largest absolute Gasteiger partial charge is 0.329 e. The van der Waals surface area contributed by atoms with Crippen LogP contribution >= 0.6 is 0 Å². The fraction of sp³-hybridized carbons (Fsp3) is 0.300. The van der Waals surface area contributed by atoms with Gasteiger partial charge in [0.15, 0.2) is 5.65 Å². The normalized spacial score (nSPS) is 11.2. The van der Waals surface area contributed by atoms with Gasteiger partial charge < -0.3 is 5.32 Å². The Morgan fingerprint density at radius 3 is 2.64 bits per heavy atom. The summed E-state index contributed by atoms with van der Waals surface area (Å²) in [5.41, 5.74) is -0.520. The van der Waals surface area contributed by atoms with Gasteiger partial charge in [-0.3, -0.25) is 19.1 Å². The molecule has 3 aromatic rings. The van der Waals surface area contributed by atoms with Crippen molar-refractivity contribution in [1.29, 1.82) is 0 Å². The van der Waals surface area contributed by atoms with Gasteiger partial charge in [0.25, 0.3) is 11.5 Å². The number of H-pyrrole nitrogens is 1. The number of para-hydroxylation sites is 1. The number of carbonyl (C=O) groups excluding carboxylic acids is 1. The summed E-state index contributed by atoms with van der Waals surface area (Å²) in [6.45, 7) is 6.01. The van der Waals surface area contributed by atoms with Crippen LogP contribution in [0, 0.1) is 5.82 Å². The van der Waals surface area contributed by atoms with E-state index in [1.807, 2.05) is 20.8 Å². The number of carbonyl (C=O) groups is 1. The summed E-state index contributed by atoms with van der Waals surface area (Å²) in [4.78, 5) is 44.4. The van der Waals surface area contributed by atoms with E-state index < -0.39 is 23.0 Å². The molecule has 2 heterocycles. The third kappa shape index (κ3) is 3.58. The van der Waals surface area contributed by atoms with Crippen LogP contribution in [-0.4, -0.2) is 20.4 Å². The molecule has 0 aliphatic rings. The Labute approximate surface area is 160 Å². The SMILES string of the molecule is CCCn1c(=O)[nH]c(=O)c2c(C(=O)Nc3ccccc3F)cc(C(C)C)nc21. The number of pyridine rings is 1. The number of fused-ring (bicyclic) bond motifs is 1. The van der Waals surface area contributed by atoms with Gasteiger partial charge >= 0.3 is 5.69 Å². The smallest absolute Gasteiger partial charge is 0.319 e. The molecule has 146 valence electrons. The Morgan fingerprint density at radius 2 is 2.00 bits per heavy atom. The van der Waals surface area contributed by atoms with Crippen molar-refractivity contribution in [3.8, 4) is 0 Å². The van der Waals surface area contributed by atoms with Crippen molar-refractivity contribution in [2.75, 3.05) is 5.32 Å². The molecule has 0 fully saturated rings. The fourth-order valence-corrected chi connectivity index (χ4v) is 2.95. The van der Waals surface area contributed by atoms with Crippen molar-refractivity contribution >= 4 is 22.6 Å². The molecule has 8 heteroatoms. The standard InChI is InChI=1S/C20H21FN4O3/c1-4-9-25-17-16(19(27)24-20(25)28)12(10-15(22-17)11(2)3)18(26)23-14-8-6-5-7-13(14)21/h5-8,10-11H,4,9H2,1-3H3,(H,23,26)(H,24,27,28). The van der Waals surface area contributed by atoms with Gasteiger partial charge in [-0.25, -0.2) is 14.2 Å². The highest BCUT2D eigenvalue weighted by Gasteiger charge is 2.21. The molecule has 0 bridgehead atoms. The molecule has 0 spiro atoms. The molecule has 7 nitrogen and oxygen atoms in total. The van der Waals surface area contributed by atoms with Gasteiger partial charge in [0, 0.05) is 12.2 Å². The van der Waals surface area contributed by atoms with Gasteiger partial charge in [-0.1, -0.05) is 32.9 Å². The van der Waals surface area contributed by atoms with E-state index in [2.05, 4.69) is 15.3 Å². The van der Waals surface area contributed by atoms with E-state index in [0.29, 0.717) is 18.7 Å². The number of amides is 1. The van der Waals surface area contributed by atoms with Crippen molar-refractivity contribution in [3.63, 3.8) is 0 Å². The van der Waals surface area contributed by atoms with Gasteiger partial charge in [0.05, 0.1) is 16.6 Å². The number of aromatic nitrogens is 3. The van der Waals surface area contributed by atoms with E-state index in [4.69, 9.17) is 0 Å². The average molecular weight is 384 g/mol. The number of nitrogens with zero attached hydrogens (tertiary/aromatic N) is 2. The monoisotopic (exact) mass is 384 g/mol. The summed E-state index contributed by atoms with van der Waals surface area (Å²) in [5, 5.41) is 2.50. The molecule has 3 rings (SSSR count). The summed E-state index contributed by atoms with van der Waals surface area (Å²) < 4.78 is 15.3. The summed E-state index contributed by atoms with van der Waals surface area (Å²) in [5.74, 6) is -1.28. The zero-order chi connectivity index (χ0) is 20.4. The summed E-state index contributed by atoms with van der Waals surface area (Å²) in [7, 11) is 0. The topological polar surface area (TPSA) is 96.9 Å². The summed E-state index contributed by atoms with van der Waals surface area (Å²) in [6, 6.07) is 7.27. The van der Waals surface area contributed by atoms with Crippen LogP contribution in [0.1, 0.15) is 49.2 Å². The molecule has 0 saturated heterocycles. The summed E-state index contributed by atoms with van der Waals surface area (Å²) in [6.07, 6.45) is 0.644. The summed E-state index contributed by atoms with van der Waals surface area (Å²) >= 11 is 0. The Hall–Kier alpha value is -3.29. The number of rotatable bonds is 5. The van der Waals surface area contributed by atoms with Crippen molar-refractivity contribution in [2.24, 2.45) is 0 Å². The highest BCUT2D eigenvalue weighted by atomic mass is 19.1. The molecular formula is C20H21FN4O3. The lowest BCUT2D eigenvalue weighted by Gasteiger charge is -2.14. The van der Waals surface area contributed by atoms with Crippen molar-refractivity contribution < 1.29 is 9.18 Å². The molecule has 0 aliphatic carbocycles. The third-order valence-electron chi connectivity index (χ3n) is 4.37. The Morgan fingerprint density at radius 1 is 1.29 bits per heavy atom. The first-order valence-electron chi connectivity index (χ1n) is 9.07. The van der Waals surface area contributed by atoms with Crippen molar-refractivity contribution in [3.05, 3.63) is 68.2 Å². The molecule has 1 amide bonds. The predicted molar refractivity (Wildman–Crippen MR) is 105 cm³/mol. The second-order valence-corrected chi connectivity index (χ2v) is 6.79. The number of aromatic amines is 1. The lowest BCUT2D eigenvalue weighted by atomic mass is 10.0. The van der Waals surface area contributed by atoms with Crippen molar-refractivity contribution in [1.82, 2.24) is 14.5 Å². The number of hydrogen-bond donors (Lipinski definition) is 2. The van der Waals surface area contributed by atoms with Gasteiger partial charge in [0.1, 0.15) is 5.82 Å². The Bertz CT molecular complexity index is 1160. The fourth-order valence-electron chi connectivity index (χ4n) is 2.95. The van der Waals surface area contributed by atoms with E-state index in [1.54, 1.807) is 6.07 Å². The average Bonchev–Trinajstić information content (AvgIpc) is 2.65. The minimum Gasteiger partial charge on any atom is -0.319 e. The van der Waals surface area contributed by atoms with E-state index in [-0.39, 0.29) is 28.2 Å². The van der Waals surface area contributed by atoms with Crippen LogP contribution in [-0.2, 0) is 6.54 Å². The van der Waals surface area contributed by atoms with Crippen LogP contribution in [0.4, 0.5) is 10.1 Å². The number of nitrogens with one attached hydrogen (secondary N) is 2. The van der Waals surface area contributed by atoms with Gasteiger partial charge in [-0.15, -0.1) is 0 Å². The van der Waals surface area contributed by atoms with E-state index in [9.17, 15) is 18.8 Å². The van der Waals surface area contributed by atoms with Crippen LogP contribution in [0.25, 0.3) is 11.0 Å². The quantitative estimate of drug-likeness (QED) is 0.707. The van der Waals surface area contributed by atoms with Crippen LogP contribution in [0.15, 0.2) is 39.9 Å². The molecule has 2 aromatic heterocycles. The number of benzene rings is 1. The molecule has 0 radical (unpaired) electrons. The van der Waals surface area contributed by atoms with Gasteiger partial charge in [-0.2, -0.15) is 0 Å². The third-order valence-corrected chi connectivity index (χ3v) is 4.37. The first-order valence-corrected chi connectivity index (χ1v) is 9.07. The van der Waals surface area contributed by atoms with Gasteiger partial charge in [0.2, 0.25) is 0 Å². The predicted octanol–water partition coefficient (Wildman–Crippen LogP) is 3.01. The lowest BCUT2D eigenvalue weighted by Crippen LogP contribution is -2.32. The van der Waals surface area contributed by atoms with E-state index in [0.717, 1.165) is 0 Å². The molecule has 0 unspecified atom stereocenters. The first kappa shape index (κ1) is 19.5. The second-order valence-electron chi connectivity index (χ2n) is 6.79. The van der Waals surface area contributed by atoms with Gasteiger partial charge in [-0.05, 0) is 30.5 Å². The van der Waals surface area contributed by atoms with Crippen LogP contribution in [0.5, 0.6) is 0 Å². The minimum atomic E-state index is -0.700. The molecule has 0 saturated carbocycles. The first-order chi connectivity index (χ1) is 13.3.